The highest BCUT2D eigenvalue weighted by Gasteiger charge is 2.42. The molecule has 2 heterocycles. The molecule has 3 fully saturated rings. The van der Waals surface area contributed by atoms with Gasteiger partial charge in [0, 0.05) is 40.8 Å². The van der Waals surface area contributed by atoms with E-state index < -0.39 is 11.0 Å². The summed E-state index contributed by atoms with van der Waals surface area (Å²) in [6, 6.07) is 9.96. The van der Waals surface area contributed by atoms with E-state index in [9.17, 15) is 9.00 Å². The Morgan fingerprint density at radius 1 is 1.16 bits per heavy atom. The molecule has 1 atom stereocenters. The number of benzene rings is 2. The first-order valence-corrected chi connectivity index (χ1v) is 12.1. The Hall–Kier alpha value is -2.22. The number of piperidine rings is 1. The molecule has 0 bridgehead atoms. The Labute approximate surface area is 185 Å². The minimum atomic E-state index is -1.29. The molecule has 164 valence electrons. The van der Waals surface area contributed by atoms with E-state index in [0.29, 0.717) is 11.1 Å². The van der Waals surface area contributed by atoms with Crippen LogP contribution in [0.15, 0.2) is 47.9 Å². The van der Waals surface area contributed by atoms with Gasteiger partial charge in [0.1, 0.15) is 11.0 Å². The second kappa shape index (κ2) is 7.73. The van der Waals surface area contributed by atoms with Gasteiger partial charge >= 0.3 is 0 Å². The van der Waals surface area contributed by atoms with Crippen molar-refractivity contribution in [3.8, 4) is 0 Å². The van der Waals surface area contributed by atoms with Crippen LogP contribution >= 0.6 is 0 Å². The van der Waals surface area contributed by atoms with Gasteiger partial charge in [0.05, 0.1) is 18.1 Å². The molecule has 5 rings (SSSR count). The molecule has 2 aromatic carbocycles. The van der Waals surface area contributed by atoms with Gasteiger partial charge in [0.25, 0.3) is 0 Å². The first-order chi connectivity index (χ1) is 14.9. The van der Waals surface area contributed by atoms with Crippen molar-refractivity contribution in [3.63, 3.8) is 0 Å². The molecule has 1 amide bonds. The lowest BCUT2D eigenvalue weighted by Crippen LogP contribution is -2.51. The molecule has 6 nitrogen and oxygen atoms in total. The van der Waals surface area contributed by atoms with Gasteiger partial charge in [0.2, 0.25) is 5.91 Å². The van der Waals surface area contributed by atoms with Crippen molar-refractivity contribution in [2.75, 3.05) is 36.5 Å². The van der Waals surface area contributed by atoms with Crippen LogP contribution < -0.4 is 14.9 Å². The zero-order chi connectivity index (χ0) is 21.6. The summed E-state index contributed by atoms with van der Waals surface area (Å²) in [5.74, 6) is -0.244. The Kier molecular flexibility index (Phi) is 5.15. The summed E-state index contributed by atoms with van der Waals surface area (Å²) in [6.45, 7) is 9.32. The van der Waals surface area contributed by atoms with E-state index >= 15 is 0 Å². The third-order valence-corrected chi connectivity index (χ3v) is 8.23. The van der Waals surface area contributed by atoms with Crippen LogP contribution in [0.25, 0.3) is 10.8 Å². The average molecular weight is 440 g/mol. The SMILES string of the molecule is C=CC(=O)Nc1ccc2c(N3CCC4(CC3)COC4)cc(S(=O)NC3(C)CC3)cc2c1. The maximum Gasteiger partial charge on any atom is 0.247 e. The van der Waals surface area contributed by atoms with Gasteiger partial charge in [-0.25, -0.2) is 8.93 Å². The van der Waals surface area contributed by atoms with Crippen molar-refractivity contribution in [2.45, 2.75) is 43.0 Å². The molecule has 1 spiro atoms. The van der Waals surface area contributed by atoms with Crippen LogP contribution in [0.2, 0.25) is 0 Å². The summed E-state index contributed by atoms with van der Waals surface area (Å²) < 4.78 is 21.9. The van der Waals surface area contributed by atoms with E-state index in [1.54, 1.807) is 0 Å². The number of fused-ring (bicyclic) bond motifs is 1. The molecule has 2 N–H and O–H groups in total. The van der Waals surface area contributed by atoms with Gasteiger partial charge < -0.3 is 15.0 Å². The van der Waals surface area contributed by atoms with E-state index in [-0.39, 0.29) is 11.4 Å². The van der Waals surface area contributed by atoms with Crippen LogP contribution in [-0.4, -0.2) is 42.0 Å². The molecular formula is C24H29N3O3S. The van der Waals surface area contributed by atoms with Crippen LogP contribution in [0, 0.1) is 5.41 Å². The summed E-state index contributed by atoms with van der Waals surface area (Å²) in [7, 11) is -1.29. The zero-order valence-corrected chi connectivity index (χ0v) is 18.7. The van der Waals surface area contributed by atoms with Crippen molar-refractivity contribution in [2.24, 2.45) is 5.41 Å². The number of nitrogens with zero attached hydrogens (tertiary/aromatic N) is 1. The summed E-state index contributed by atoms with van der Waals surface area (Å²) >= 11 is 0. The first kappa shape index (κ1) is 20.7. The van der Waals surface area contributed by atoms with Crippen LogP contribution in [0.4, 0.5) is 11.4 Å². The molecule has 2 aromatic rings. The Morgan fingerprint density at radius 2 is 1.90 bits per heavy atom. The van der Waals surface area contributed by atoms with E-state index in [1.807, 2.05) is 24.3 Å². The molecule has 3 aliphatic rings. The number of nitrogens with one attached hydrogen (secondary N) is 2. The van der Waals surface area contributed by atoms with Gasteiger partial charge in [-0.2, -0.15) is 0 Å². The number of rotatable bonds is 6. The van der Waals surface area contributed by atoms with Crippen molar-refractivity contribution >= 4 is 39.0 Å². The Balaban J connectivity index is 1.50. The maximum atomic E-state index is 13.1. The fourth-order valence-electron chi connectivity index (χ4n) is 4.44. The number of anilines is 2. The highest BCUT2D eigenvalue weighted by atomic mass is 32.2. The van der Waals surface area contributed by atoms with Crippen molar-refractivity contribution in [1.29, 1.82) is 0 Å². The molecule has 7 heteroatoms. The molecule has 1 saturated carbocycles. The zero-order valence-electron chi connectivity index (χ0n) is 17.9. The van der Waals surface area contributed by atoms with Crippen LogP contribution in [0.1, 0.15) is 32.6 Å². The molecule has 0 radical (unpaired) electrons. The standard InChI is InChI=1S/C24H29N3O3S/c1-3-22(28)25-18-4-5-20-17(12-18)13-19(31(29)26-23(2)6-7-23)14-21(20)27-10-8-24(9-11-27)15-30-16-24/h3-5,12-14,26H,1,6-11,15-16H2,2H3,(H,25,28). The predicted molar refractivity (Wildman–Crippen MR) is 125 cm³/mol. The number of ether oxygens (including phenoxy) is 1. The summed E-state index contributed by atoms with van der Waals surface area (Å²) in [6.07, 6.45) is 5.59. The van der Waals surface area contributed by atoms with Gasteiger partial charge in [-0.05, 0) is 68.3 Å². The smallest absolute Gasteiger partial charge is 0.247 e. The van der Waals surface area contributed by atoms with E-state index in [2.05, 4.69) is 34.5 Å². The largest absolute Gasteiger partial charge is 0.380 e. The van der Waals surface area contributed by atoms with Crippen LogP contribution in [-0.2, 0) is 20.5 Å². The fraction of sp³-hybridized carbons (Fsp3) is 0.458. The minimum absolute atomic E-state index is 0.0263. The Morgan fingerprint density at radius 3 is 2.52 bits per heavy atom. The number of hydrogen-bond acceptors (Lipinski definition) is 4. The topological polar surface area (TPSA) is 70.7 Å². The van der Waals surface area contributed by atoms with Gasteiger partial charge in [-0.15, -0.1) is 0 Å². The molecular weight excluding hydrogens is 410 g/mol. The highest BCUT2D eigenvalue weighted by Crippen LogP contribution is 2.42. The van der Waals surface area contributed by atoms with E-state index in [4.69, 9.17) is 4.74 Å². The third-order valence-electron chi connectivity index (χ3n) is 6.89. The van der Waals surface area contributed by atoms with Crippen molar-refractivity contribution in [3.05, 3.63) is 43.0 Å². The first-order valence-electron chi connectivity index (χ1n) is 10.9. The van der Waals surface area contributed by atoms with E-state index in [0.717, 1.165) is 73.3 Å². The molecule has 0 aromatic heterocycles. The number of carbonyl (C=O) groups is 1. The van der Waals surface area contributed by atoms with Crippen molar-refractivity contribution < 1.29 is 13.7 Å². The van der Waals surface area contributed by atoms with Gasteiger partial charge in [-0.1, -0.05) is 12.6 Å². The monoisotopic (exact) mass is 439 g/mol. The Bertz CT molecular complexity index is 1070. The lowest BCUT2D eigenvalue weighted by Gasteiger charge is -2.48. The van der Waals surface area contributed by atoms with Gasteiger partial charge in [0.15, 0.2) is 0 Å². The maximum absolute atomic E-state index is 13.1. The third kappa shape index (κ3) is 4.14. The molecule has 2 saturated heterocycles. The number of hydrogen-bond donors (Lipinski definition) is 2. The lowest BCUT2D eigenvalue weighted by atomic mass is 9.76. The van der Waals surface area contributed by atoms with E-state index in [1.165, 1.54) is 6.08 Å². The summed E-state index contributed by atoms with van der Waals surface area (Å²) in [5, 5.41) is 4.91. The summed E-state index contributed by atoms with van der Waals surface area (Å²) in [5.41, 5.74) is 2.15. The number of amides is 1. The number of carbonyl (C=O) groups excluding carboxylic acids is 1. The summed E-state index contributed by atoms with van der Waals surface area (Å²) in [4.78, 5) is 14.9. The second-order valence-electron chi connectivity index (χ2n) is 9.48. The highest BCUT2D eigenvalue weighted by molar-refractivity contribution is 7.83. The van der Waals surface area contributed by atoms with Gasteiger partial charge in [-0.3, -0.25) is 4.79 Å². The molecule has 1 unspecified atom stereocenters. The van der Waals surface area contributed by atoms with Crippen LogP contribution in [0.5, 0.6) is 0 Å². The quantitative estimate of drug-likeness (QED) is 0.673. The normalized spacial score (nSPS) is 22.0. The average Bonchev–Trinajstić information content (AvgIpc) is 3.48. The molecule has 1 aliphatic carbocycles. The second-order valence-corrected chi connectivity index (χ2v) is 10.7. The minimum Gasteiger partial charge on any atom is -0.380 e. The lowest BCUT2D eigenvalue weighted by molar-refractivity contribution is -0.124. The van der Waals surface area contributed by atoms with Crippen molar-refractivity contribution in [1.82, 2.24) is 4.72 Å². The predicted octanol–water partition coefficient (Wildman–Crippen LogP) is 3.75. The molecule has 31 heavy (non-hydrogen) atoms. The van der Waals surface area contributed by atoms with Crippen LogP contribution in [0.3, 0.4) is 0 Å². The fourth-order valence-corrected chi connectivity index (χ4v) is 5.66. The molecule has 2 aliphatic heterocycles.